The van der Waals surface area contributed by atoms with Crippen molar-refractivity contribution in [1.29, 1.82) is 0 Å². The number of carbonyl (C=O) groups excluding carboxylic acids is 1. The van der Waals surface area contributed by atoms with E-state index in [1.807, 2.05) is 7.05 Å². The summed E-state index contributed by atoms with van der Waals surface area (Å²) in [5.74, 6) is 2.97. The molecule has 6 heteroatoms. The summed E-state index contributed by atoms with van der Waals surface area (Å²) in [5.41, 5.74) is 1.23. The summed E-state index contributed by atoms with van der Waals surface area (Å²) >= 11 is 11.7. The molecule has 1 heterocycles. The first-order valence-corrected chi connectivity index (χ1v) is 9.50. The van der Waals surface area contributed by atoms with Gasteiger partial charge in [-0.1, -0.05) is 36.8 Å². The lowest BCUT2D eigenvalue weighted by Crippen LogP contribution is -2.41. The second kappa shape index (κ2) is 8.11. The SMILES string of the molecule is C#CCOc1ccc(Cl)cc1/C=C1/C(=O)N(C2CCCCC2)C(=S)N1C. The maximum atomic E-state index is 13.1. The molecule has 2 fully saturated rings. The maximum absolute atomic E-state index is 13.1. The number of terminal acetylenes is 1. The highest BCUT2D eigenvalue weighted by atomic mass is 35.5. The molecule has 0 unspecified atom stereocenters. The van der Waals surface area contributed by atoms with Crippen LogP contribution in [0.5, 0.6) is 5.75 Å². The second-order valence-corrected chi connectivity index (χ2v) is 7.31. The van der Waals surface area contributed by atoms with Crippen LogP contribution in [-0.2, 0) is 4.79 Å². The van der Waals surface area contributed by atoms with E-state index in [9.17, 15) is 4.79 Å². The Bertz CT molecular complexity index is 793. The zero-order valence-electron chi connectivity index (χ0n) is 14.7. The standard InChI is InChI=1S/C20H21ClN2O2S/c1-3-11-25-18-10-9-15(21)12-14(18)13-17-19(24)23(20(26)22(17)2)16-7-5-4-6-8-16/h1,9-10,12-13,16H,4-8,11H2,2H3/b17-13-. The van der Waals surface area contributed by atoms with E-state index in [2.05, 4.69) is 5.92 Å². The predicted molar refractivity (Wildman–Crippen MR) is 108 cm³/mol. The van der Waals surface area contributed by atoms with Crippen molar-refractivity contribution in [2.75, 3.05) is 13.7 Å². The lowest BCUT2D eigenvalue weighted by molar-refractivity contribution is -0.124. The fourth-order valence-electron chi connectivity index (χ4n) is 3.47. The van der Waals surface area contributed by atoms with Gasteiger partial charge in [-0.3, -0.25) is 9.69 Å². The number of halogens is 1. The molecule has 0 aromatic heterocycles. The number of thiocarbonyl (C=S) groups is 1. The zero-order chi connectivity index (χ0) is 18.7. The van der Waals surface area contributed by atoms with Crippen molar-refractivity contribution in [3.8, 4) is 18.1 Å². The average Bonchev–Trinajstić information content (AvgIpc) is 2.85. The largest absolute Gasteiger partial charge is 0.480 e. The van der Waals surface area contributed by atoms with Gasteiger partial charge in [0.1, 0.15) is 18.1 Å². The number of rotatable bonds is 4. The molecule has 1 saturated carbocycles. The van der Waals surface area contributed by atoms with Crippen LogP contribution in [0.2, 0.25) is 5.02 Å². The van der Waals surface area contributed by atoms with Gasteiger partial charge in [0.15, 0.2) is 5.11 Å². The van der Waals surface area contributed by atoms with Crippen molar-refractivity contribution in [3.63, 3.8) is 0 Å². The first-order valence-electron chi connectivity index (χ1n) is 8.71. The molecule has 0 bridgehead atoms. The van der Waals surface area contributed by atoms with Crippen LogP contribution < -0.4 is 4.74 Å². The van der Waals surface area contributed by atoms with Crippen LogP contribution in [0, 0.1) is 12.3 Å². The van der Waals surface area contributed by atoms with Gasteiger partial charge in [-0.05, 0) is 49.3 Å². The smallest absolute Gasteiger partial charge is 0.277 e. The molecule has 4 nitrogen and oxygen atoms in total. The van der Waals surface area contributed by atoms with E-state index in [0.717, 1.165) is 25.7 Å². The summed E-state index contributed by atoms with van der Waals surface area (Å²) in [6, 6.07) is 5.43. The monoisotopic (exact) mass is 388 g/mol. The molecule has 2 aliphatic rings. The van der Waals surface area contributed by atoms with Crippen LogP contribution >= 0.6 is 23.8 Å². The van der Waals surface area contributed by atoms with Crippen LogP contribution in [0.4, 0.5) is 0 Å². The Labute approximate surface area is 164 Å². The summed E-state index contributed by atoms with van der Waals surface area (Å²) < 4.78 is 5.58. The maximum Gasteiger partial charge on any atom is 0.277 e. The van der Waals surface area contributed by atoms with Crippen LogP contribution in [0.1, 0.15) is 37.7 Å². The van der Waals surface area contributed by atoms with Crippen molar-refractivity contribution in [2.24, 2.45) is 0 Å². The number of hydrogen-bond donors (Lipinski definition) is 0. The van der Waals surface area contributed by atoms with Gasteiger partial charge in [-0.25, -0.2) is 0 Å². The van der Waals surface area contributed by atoms with E-state index in [-0.39, 0.29) is 18.6 Å². The summed E-state index contributed by atoms with van der Waals surface area (Å²) in [4.78, 5) is 16.6. The summed E-state index contributed by atoms with van der Waals surface area (Å²) in [6.45, 7) is 0.147. The Morgan fingerprint density at radius 2 is 2.12 bits per heavy atom. The topological polar surface area (TPSA) is 32.8 Å². The number of amides is 1. The molecule has 1 aliphatic heterocycles. The minimum absolute atomic E-state index is 0.0627. The molecule has 1 aromatic rings. The molecular formula is C20H21ClN2O2S. The van der Waals surface area contributed by atoms with E-state index in [1.165, 1.54) is 6.42 Å². The molecule has 0 radical (unpaired) electrons. The Morgan fingerprint density at radius 3 is 2.81 bits per heavy atom. The fraction of sp³-hybridized carbons (Fsp3) is 0.400. The van der Waals surface area contributed by atoms with E-state index in [0.29, 0.717) is 27.1 Å². The first-order chi connectivity index (χ1) is 12.5. The number of benzene rings is 1. The minimum atomic E-state index is -0.0627. The number of likely N-dealkylation sites (N-methyl/N-ethyl adjacent to an activating group) is 1. The van der Waals surface area contributed by atoms with Crippen LogP contribution in [0.15, 0.2) is 23.9 Å². The highest BCUT2D eigenvalue weighted by Crippen LogP contribution is 2.32. The second-order valence-electron chi connectivity index (χ2n) is 6.51. The lowest BCUT2D eigenvalue weighted by Gasteiger charge is -2.30. The van der Waals surface area contributed by atoms with Gasteiger partial charge in [0.2, 0.25) is 0 Å². The van der Waals surface area contributed by atoms with Gasteiger partial charge in [0, 0.05) is 23.7 Å². The van der Waals surface area contributed by atoms with Gasteiger partial charge >= 0.3 is 0 Å². The van der Waals surface area contributed by atoms with E-state index < -0.39 is 0 Å². The lowest BCUT2D eigenvalue weighted by atomic mass is 9.94. The number of nitrogens with zero attached hydrogens (tertiary/aromatic N) is 2. The third-order valence-electron chi connectivity index (χ3n) is 4.81. The van der Waals surface area contributed by atoms with Crippen LogP contribution in [-0.4, -0.2) is 40.5 Å². The van der Waals surface area contributed by atoms with Gasteiger partial charge < -0.3 is 9.64 Å². The average molecular weight is 389 g/mol. The Hall–Kier alpha value is -2.03. The van der Waals surface area contributed by atoms with E-state index in [4.69, 9.17) is 35.0 Å². The minimum Gasteiger partial charge on any atom is -0.480 e. The van der Waals surface area contributed by atoms with Crippen LogP contribution in [0.3, 0.4) is 0 Å². The molecule has 1 aliphatic carbocycles. The number of ether oxygens (including phenoxy) is 1. The first kappa shape index (κ1) is 18.8. The molecule has 0 spiro atoms. The van der Waals surface area contributed by atoms with Gasteiger partial charge in [0.05, 0.1) is 0 Å². The number of hydrogen-bond acceptors (Lipinski definition) is 3. The molecule has 1 saturated heterocycles. The third-order valence-corrected chi connectivity index (χ3v) is 5.51. The fourth-order valence-corrected chi connectivity index (χ4v) is 3.98. The quantitative estimate of drug-likeness (QED) is 0.442. The number of carbonyl (C=O) groups is 1. The summed E-state index contributed by atoms with van der Waals surface area (Å²) in [7, 11) is 1.82. The molecule has 3 rings (SSSR count). The molecule has 1 amide bonds. The van der Waals surface area contributed by atoms with Crippen LogP contribution in [0.25, 0.3) is 6.08 Å². The molecule has 0 atom stereocenters. The third kappa shape index (κ3) is 3.72. The van der Waals surface area contributed by atoms with E-state index in [1.54, 1.807) is 34.1 Å². The highest BCUT2D eigenvalue weighted by molar-refractivity contribution is 7.80. The van der Waals surface area contributed by atoms with Crippen molar-refractivity contribution in [1.82, 2.24) is 9.80 Å². The van der Waals surface area contributed by atoms with Crippen molar-refractivity contribution >= 4 is 40.9 Å². The zero-order valence-corrected chi connectivity index (χ0v) is 16.3. The molecule has 136 valence electrons. The van der Waals surface area contributed by atoms with Gasteiger partial charge in [-0.2, -0.15) is 0 Å². The molecule has 26 heavy (non-hydrogen) atoms. The van der Waals surface area contributed by atoms with Crippen molar-refractivity contribution in [2.45, 2.75) is 38.1 Å². The Balaban J connectivity index is 1.93. The normalized spacial score (nSPS) is 20.0. The Morgan fingerprint density at radius 1 is 1.38 bits per heavy atom. The Kier molecular flexibility index (Phi) is 5.85. The predicted octanol–water partition coefficient (Wildman–Crippen LogP) is 4.08. The van der Waals surface area contributed by atoms with Gasteiger partial charge in [0.25, 0.3) is 5.91 Å². The molecule has 1 aromatic carbocycles. The summed E-state index contributed by atoms with van der Waals surface area (Å²) in [6.07, 6.45) is 12.6. The molecule has 0 N–H and O–H groups in total. The van der Waals surface area contributed by atoms with Crippen molar-refractivity contribution < 1.29 is 9.53 Å². The van der Waals surface area contributed by atoms with E-state index >= 15 is 0 Å². The van der Waals surface area contributed by atoms with Gasteiger partial charge in [-0.15, -0.1) is 6.42 Å². The summed E-state index contributed by atoms with van der Waals surface area (Å²) in [5, 5.41) is 1.12. The van der Waals surface area contributed by atoms with Crippen molar-refractivity contribution in [3.05, 3.63) is 34.5 Å². The highest BCUT2D eigenvalue weighted by Gasteiger charge is 2.40. The molecular weight excluding hydrogens is 368 g/mol.